The lowest BCUT2D eigenvalue weighted by Crippen LogP contribution is -1.97. The Bertz CT molecular complexity index is 971. The molecule has 0 saturated carbocycles. The van der Waals surface area contributed by atoms with Gasteiger partial charge in [-0.1, -0.05) is 27.7 Å². The molecule has 1 aromatic heterocycles. The lowest BCUT2D eigenvalue weighted by molar-refractivity contribution is 0.475. The molecule has 2 aromatic carbocycles. The van der Waals surface area contributed by atoms with Gasteiger partial charge in [-0.05, 0) is 77.4 Å². The Hall–Kier alpha value is -2.41. The maximum Gasteiger partial charge on any atom is 0.123 e. The highest BCUT2D eigenvalue weighted by atomic mass is 31.0. The van der Waals surface area contributed by atoms with Crippen molar-refractivity contribution in [3.05, 3.63) is 95.6 Å². The van der Waals surface area contributed by atoms with E-state index in [2.05, 4.69) is 4.98 Å². The zero-order valence-corrected chi connectivity index (χ0v) is 21.6. The maximum atomic E-state index is 13.3. The van der Waals surface area contributed by atoms with E-state index in [1.54, 1.807) is 36.7 Å². The third kappa shape index (κ3) is 7.35. The van der Waals surface area contributed by atoms with Crippen molar-refractivity contribution in [3.63, 3.8) is 0 Å². The summed E-state index contributed by atoms with van der Waals surface area (Å²) in [5.41, 5.74) is 5.73. The molecule has 6 heteroatoms. The fourth-order valence-corrected chi connectivity index (χ4v) is 2.95. The molecule has 166 valence electrons. The van der Waals surface area contributed by atoms with E-state index in [0.717, 1.165) is 33.7 Å². The number of rotatable bonds is 3. The molecule has 0 bridgehead atoms. The lowest BCUT2D eigenvalue weighted by atomic mass is 9.97. The van der Waals surface area contributed by atoms with Crippen LogP contribution >= 0.6 is 19.8 Å². The van der Waals surface area contributed by atoms with Gasteiger partial charge >= 0.3 is 0 Å². The van der Waals surface area contributed by atoms with Gasteiger partial charge in [0.25, 0.3) is 0 Å². The second-order valence-electron chi connectivity index (χ2n) is 5.85. The molecule has 1 N–H and O–H groups in total. The number of hydrogen-bond acceptors (Lipinski definition) is 3. The smallest absolute Gasteiger partial charge is 0.123 e. The number of aromatic nitrogens is 1. The predicted octanol–water partition coefficient (Wildman–Crippen LogP) is 6.86. The van der Waals surface area contributed by atoms with Crippen LogP contribution in [0.3, 0.4) is 0 Å². The number of aliphatic imine (C=N–C) groups is 1. The van der Waals surface area contributed by atoms with Crippen LogP contribution in [0.4, 0.5) is 4.39 Å². The molecule has 2 unspecified atom stereocenters. The monoisotopic (exact) mass is 458 g/mol. The number of hydrogen-bond donors (Lipinski definition) is 1. The molecule has 31 heavy (non-hydrogen) atoms. The van der Waals surface area contributed by atoms with Crippen molar-refractivity contribution in [2.45, 2.75) is 34.1 Å². The fraction of sp³-hybridized carbons (Fsp3) is 0.200. The Morgan fingerprint density at radius 1 is 0.710 bits per heavy atom. The van der Waals surface area contributed by atoms with Crippen LogP contribution in [0.15, 0.2) is 78.0 Å². The zero-order chi connectivity index (χ0) is 21.2. The molecule has 0 radical (unpaired) electrons. The second-order valence-corrected chi connectivity index (χ2v) is 5.85. The first-order valence-corrected chi connectivity index (χ1v) is 9.97. The number of pyridine rings is 1. The summed E-state index contributed by atoms with van der Waals surface area (Å²) in [6.45, 7) is 8.00. The summed E-state index contributed by atoms with van der Waals surface area (Å²) in [6, 6.07) is 17.3. The van der Waals surface area contributed by atoms with Crippen LogP contribution in [0.5, 0.6) is 5.75 Å². The number of nitrogens with zero attached hydrogens (tertiary/aromatic N) is 2. The van der Waals surface area contributed by atoms with Crippen LogP contribution in [-0.4, -0.2) is 15.8 Å². The minimum atomic E-state index is -0.268. The first-order chi connectivity index (χ1) is 14.2. The third-order valence-corrected chi connectivity index (χ3v) is 4.22. The first-order valence-electron chi connectivity index (χ1n) is 9.97. The Morgan fingerprint density at radius 2 is 1.23 bits per heavy atom. The number of aromatic hydroxyl groups is 1. The maximum absolute atomic E-state index is 13.3. The standard InChI is InChI=1S/C21H15FN2O.2C2H6.2H3P/c22-17-5-1-16(2-6-17)21-19(14-9-11-23-12-10-14)13-20(24-21)15-3-7-18(25)8-4-15;2*1-2;;/h1-12,25H,13H2;2*1-2H3;2*1H3. The van der Waals surface area contributed by atoms with Gasteiger partial charge in [0.15, 0.2) is 0 Å². The topological polar surface area (TPSA) is 45.5 Å². The van der Waals surface area contributed by atoms with Gasteiger partial charge in [0.1, 0.15) is 11.6 Å². The van der Waals surface area contributed by atoms with Crippen molar-refractivity contribution in [3.8, 4) is 5.75 Å². The Morgan fingerprint density at radius 3 is 1.77 bits per heavy atom. The molecular weight excluding hydrogens is 425 g/mol. The van der Waals surface area contributed by atoms with Crippen LogP contribution in [0, 0.1) is 5.82 Å². The van der Waals surface area contributed by atoms with Crippen molar-refractivity contribution in [2.24, 2.45) is 4.99 Å². The van der Waals surface area contributed by atoms with E-state index in [1.807, 2.05) is 52.0 Å². The summed E-state index contributed by atoms with van der Waals surface area (Å²) in [7, 11) is 0. The number of benzene rings is 2. The van der Waals surface area contributed by atoms with Gasteiger partial charge in [0.05, 0.1) is 11.4 Å². The van der Waals surface area contributed by atoms with Gasteiger partial charge in [-0.15, -0.1) is 0 Å². The minimum absolute atomic E-state index is 0. The molecule has 3 nitrogen and oxygen atoms in total. The van der Waals surface area contributed by atoms with E-state index in [9.17, 15) is 9.50 Å². The highest BCUT2D eigenvalue weighted by Crippen LogP contribution is 2.37. The van der Waals surface area contributed by atoms with Gasteiger partial charge < -0.3 is 5.11 Å². The first kappa shape index (κ1) is 28.6. The molecule has 0 fully saturated rings. The van der Waals surface area contributed by atoms with E-state index >= 15 is 0 Å². The van der Waals surface area contributed by atoms with Gasteiger partial charge in [-0.2, -0.15) is 19.8 Å². The van der Waals surface area contributed by atoms with Gasteiger partial charge in [0.2, 0.25) is 0 Å². The largest absolute Gasteiger partial charge is 0.508 e. The normalized spacial score (nSPS) is 11.6. The Labute approximate surface area is 191 Å². The summed E-state index contributed by atoms with van der Waals surface area (Å²) in [5.74, 6) is -0.0426. The molecule has 0 aliphatic carbocycles. The average Bonchev–Trinajstić information content (AvgIpc) is 3.24. The van der Waals surface area contributed by atoms with Crippen LogP contribution in [0.25, 0.3) is 11.3 Å². The summed E-state index contributed by atoms with van der Waals surface area (Å²) < 4.78 is 13.3. The number of halogens is 1. The summed E-state index contributed by atoms with van der Waals surface area (Å²) in [6.07, 6.45) is 4.17. The highest BCUT2D eigenvalue weighted by Gasteiger charge is 2.21. The number of allylic oxidation sites excluding steroid dienone is 1. The van der Waals surface area contributed by atoms with Crippen LogP contribution < -0.4 is 0 Å². The molecule has 0 saturated heterocycles. The summed E-state index contributed by atoms with van der Waals surface area (Å²) in [4.78, 5) is 8.89. The van der Waals surface area contributed by atoms with Crippen molar-refractivity contribution in [1.82, 2.24) is 4.98 Å². The second kappa shape index (κ2) is 14.6. The molecule has 1 aliphatic heterocycles. The lowest BCUT2D eigenvalue weighted by Gasteiger charge is -2.06. The van der Waals surface area contributed by atoms with Crippen LogP contribution in [0.2, 0.25) is 0 Å². The van der Waals surface area contributed by atoms with Crippen LogP contribution in [0.1, 0.15) is 50.8 Å². The van der Waals surface area contributed by atoms with E-state index in [0.29, 0.717) is 6.42 Å². The van der Waals surface area contributed by atoms with Gasteiger partial charge in [0, 0.05) is 24.4 Å². The van der Waals surface area contributed by atoms with E-state index < -0.39 is 0 Å². The Balaban J connectivity index is 0.00000142. The van der Waals surface area contributed by atoms with Crippen LogP contribution in [-0.2, 0) is 0 Å². The quantitative estimate of drug-likeness (QED) is 0.436. The minimum Gasteiger partial charge on any atom is -0.508 e. The average molecular weight is 458 g/mol. The van der Waals surface area contributed by atoms with E-state index in [1.165, 1.54) is 12.1 Å². The molecule has 0 amide bonds. The summed E-state index contributed by atoms with van der Waals surface area (Å²) in [5, 5.41) is 9.49. The zero-order valence-electron chi connectivity index (χ0n) is 18.8. The van der Waals surface area contributed by atoms with Crippen molar-refractivity contribution >= 4 is 36.8 Å². The molecule has 1 aliphatic rings. The molecule has 2 heterocycles. The molecular formula is C25H33FN2OP2. The van der Waals surface area contributed by atoms with Crippen molar-refractivity contribution in [2.75, 3.05) is 0 Å². The third-order valence-electron chi connectivity index (χ3n) is 4.22. The number of phenolic OH excluding ortho intramolecular Hbond substituents is 1. The summed E-state index contributed by atoms with van der Waals surface area (Å²) >= 11 is 0. The highest BCUT2D eigenvalue weighted by molar-refractivity contribution is 6.92. The van der Waals surface area contributed by atoms with E-state index in [-0.39, 0.29) is 31.4 Å². The molecule has 0 spiro atoms. The van der Waals surface area contributed by atoms with Gasteiger partial charge in [-0.25, -0.2) is 4.39 Å². The van der Waals surface area contributed by atoms with Gasteiger partial charge in [-0.3, -0.25) is 9.98 Å². The van der Waals surface area contributed by atoms with Crippen molar-refractivity contribution in [1.29, 1.82) is 0 Å². The predicted molar refractivity (Wildman–Crippen MR) is 142 cm³/mol. The van der Waals surface area contributed by atoms with E-state index in [4.69, 9.17) is 4.99 Å². The molecule has 4 rings (SSSR count). The Kier molecular flexibility index (Phi) is 13.4. The fourth-order valence-electron chi connectivity index (χ4n) is 2.95. The SMILES string of the molecule is CC.CC.Oc1ccc(C2=NC(c3ccc(F)cc3)=C(c3ccncc3)C2)cc1.P.P. The number of phenols is 1. The molecule has 3 aromatic rings. The van der Waals surface area contributed by atoms with Crippen molar-refractivity contribution < 1.29 is 9.50 Å². The molecule has 2 atom stereocenters.